The Morgan fingerprint density at radius 3 is 2.56 bits per heavy atom. The van der Waals surface area contributed by atoms with Crippen LogP contribution in [0, 0.1) is 0 Å². The van der Waals surface area contributed by atoms with Gasteiger partial charge in [-0.25, -0.2) is 9.59 Å². The highest BCUT2D eigenvalue weighted by atomic mass is 16.6. The van der Waals surface area contributed by atoms with Gasteiger partial charge in [-0.3, -0.25) is 4.79 Å². The van der Waals surface area contributed by atoms with Gasteiger partial charge in [-0.2, -0.15) is 0 Å². The number of amides is 1. The van der Waals surface area contributed by atoms with Gasteiger partial charge >= 0.3 is 12.1 Å². The lowest BCUT2D eigenvalue weighted by molar-refractivity contribution is -0.136. The first-order chi connectivity index (χ1) is 20.6. The van der Waals surface area contributed by atoms with Crippen LogP contribution in [0.15, 0.2) is 82.2 Å². The van der Waals surface area contributed by atoms with Gasteiger partial charge in [0.2, 0.25) is 0 Å². The Morgan fingerprint density at radius 2 is 1.77 bits per heavy atom. The molecule has 3 heterocycles. The fourth-order valence-electron chi connectivity index (χ4n) is 4.88. The van der Waals surface area contributed by atoms with E-state index < -0.39 is 23.7 Å². The fraction of sp³-hybridized carbons (Fsp3) is 0.242. The summed E-state index contributed by atoms with van der Waals surface area (Å²) in [6.45, 7) is 6.11. The molecule has 0 aliphatic carbocycles. The van der Waals surface area contributed by atoms with E-state index in [-0.39, 0.29) is 23.2 Å². The van der Waals surface area contributed by atoms with Crippen molar-refractivity contribution in [3.8, 4) is 28.4 Å². The predicted octanol–water partition coefficient (Wildman–Crippen LogP) is 5.75. The first-order valence-electron chi connectivity index (χ1n) is 13.9. The normalized spacial score (nSPS) is 13.5. The summed E-state index contributed by atoms with van der Waals surface area (Å²) in [5.74, 6) is 0.627. The van der Waals surface area contributed by atoms with E-state index in [4.69, 9.17) is 23.4 Å². The van der Waals surface area contributed by atoms with Gasteiger partial charge < -0.3 is 33.7 Å². The lowest BCUT2D eigenvalue weighted by atomic mass is 10.0. The second-order valence-electron chi connectivity index (χ2n) is 11.2. The summed E-state index contributed by atoms with van der Waals surface area (Å²) >= 11 is 0. The summed E-state index contributed by atoms with van der Waals surface area (Å²) in [4.78, 5) is 42.6. The zero-order valence-electron chi connectivity index (χ0n) is 23.9. The third-order valence-electron chi connectivity index (χ3n) is 6.80. The average molecular weight is 583 g/mol. The van der Waals surface area contributed by atoms with Crippen molar-refractivity contribution in [2.45, 2.75) is 38.8 Å². The van der Waals surface area contributed by atoms with E-state index in [0.29, 0.717) is 41.2 Å². The molecule has 2 N–H and O–H groups in total. The van der Waals surface area contributed by atoms with Gasteiger partial charge in [-0.15, -0.1) is 0 Å². The summed E-state index contributed by atoms with van der Waals surface area (Å²) in [7, 11) is 0. The number of carbonyl (C=O) groups is 2. The number of carbonyl (C=O) groups excluding carboxylic acids is 2. The number of esters is 1. The van der Waals surface area contributed by atoms with Gasteiger partial charge in [0.1, 0.15) is 42.5 Å². The van der Waals surface area contributed by atoms with Crippen molar-refractivity contribution in [3.05, 3.63) is 88.9 Å². The molecule has 0 fully saturated rings. The molecule has 0 spiro atoms. The molecule has 43 heavy (non-hydrogen) atoms. The van der Waals surface area contributed by atoms with E-state index in [2.05, 4.69) is 10.3 Å². The number of para-hydroxylation sites is 1. The molecule has 1 amide bonds. The van der Waals surface area contributed by atoms with Crippen molar-refractivity contribution in [2.75, 3.05) is 13.2 Å². The lowest BCUT2D eigenvalue weighted by Gasteiger charge is -2.22. The smallest absolute Gasteiger partial charge is 0.408 e. The second kappa shape index (κ2) is 11.2. The maximum Gasteiger partial charge on any atom is 0.408 e. The average Bonchev–Trinajstić information content (AvgIpc) is 3.38. The Morgan fingerprint density at radius 1 is 0.977 bits per heavy atom. The van der Waals surface area contributed by atoms with Crippen LogP contribution in [0.2, 0.25) is 0 Å². The summed E-state index contributed by atoms with van der Waals surface area (Å²) in [6.07, 6.45) is 0.750. The minimum Gasteiger partial charge on any atom is -0.486 e. The van der Waals surface area contributed by atoms with Crippen molar-refractivity contribution >= 4 is 33.9 Å². The van der Waals surface area contributed by atoms with E-state index in [9.17, 15) is 14.4 Å². The Hall–Kier alpha value is -5.25. The number of hydrogen-bond acceptors (Lipinski definition) is 8. The highest BCUT2D eigenvalue weighted by Crippen LogP contribution is 2.34. The minimum absolute atomic E-state index is 0.133. The van der Waals surface area contributed by atoms with Gasteiger partial charge in [0.25, 0.3) is 0 Å². The lowest BCUT2D eigenvalue weighted by Crippen LogP contribution is -2.46. The van der Waals surface area contributed by atoms with E-state index >= 15 is 0 Å². The Kier molecular flexibility index (Phi) is 7.27. The Balaban J connectivity index is 1.24. The molecule has 1 atom stereocenters. The number of alkyl carbamates (subject to hydrolysis) is 1. The first kappa shape index (κ1) is 27.9. The zero-order chi connectivity index (χ0) is 30.1. The van der Waals surface area contributed by atoms with Crippen molar-refractivity contribution in [1.29, 1.82) is 0 Å². The van der Waals surface area contributed by atoms with Crippen LogP contribution in [0.25, 0.3) is 33.0 Å². The van der Waals surface area contributed by atoms with Crippen LogP contribution in [0.3, 0.4) is 0 Å². The number of H-pyrrole nitrogens is 1. The van der Waals surface area contributed by atoms with E-state index in [1.165, 1.54) is 18.4 Å². The molecule has 0 saturated carbocycles. The molecule has 10 heteroatoms. The maximum absolute atomic E-state index is 13.4. The summed E-state index contributed by atoms with van der Waals surface area (Å²) in [6, 6.07) is 18.3. The third-order valence-corrected chi connectivity index (χ3v) is 6.80. The molecule has 1 aliphatic rings. The fourth-order valence-corrected chi connectivity index (χ4v) is 4.88. The molecule has 220 valence electrons. The SMILES string of the molecule is CC(C)(C)OC(=O)N[C@@H](Cc1cc2ccccc2[nH]1)C(=O)Oc1ccc2c(=O)c(-c3ccc4c(c3)OCCO4)coc2c1. The first-order valence-corrected chi connectivity index (χ1v) is 13.9. The van der Waals surface area contributed by atoms with Crippen LogP contribution in [0.1, 0.15) is 26.5 Å². The highest BCUT2D eigenvalue weighted by Gasteiger charge is 2.27. The van der Waals surface area contributed by atoms with Crippen molar-refractivity contribution < 1.29 is 33.0 Å². The van der Waals surface area contributed by atoms with Crippen LogP contribution < -0.4 is 25.0 Å². The molecule has 5 aromatic rings. The standard InChI is InChI=1S/C33H30N2O8/c1-33(2,3)43-32(38)35-26(16-21-14-20-6-4-5-7-25(20)34-21)31(37)42-22-9-10-23-28(17-22)41-18-24(30(23)36)19-8-11-27-29(15-19)40-13-12-39-27/h4-11,14-15,17-18,26,34H,12-13,16H2,1-3H3,(H,35,38)/t26-/m0/s1. The Bertz CT molecular complexity index is 1870. The number of aromatic nitrogens is 1. The predicted molar refractivity (Wildman–Crippen MR) is 160 cm³/mol. The number of hydrogen-bond donors (Lipinski definition) is 2. The number of rotatable bonds is 6. The van der Waals surface area contributed by atoms with Crippen LogP contribution in [-0.2, 0) is 16.0 Å². The van der Waals surface area contributed by atoms with Crippen molar-refractivity contribution in [1.82, 2.24) is 10.3 Å². The number of fused-ring (bicyclic) bond motifs is 3. The molecular formula is C33H30N2O8. The third kappa shape index (κ3) is 6.18. The molecule has 0 bridgehead atoms. The van der Waals surface area contributed by atoms with Crippen LogP contribution in [0.5, 0.6) is 17.2 Å². The van der Waals surface area contributed by atoms with Crippen molar-refractivity contribution in [2.24, 2.45) is 0 Å². The van der Waals surface area contributed by atoms with E-state index in [1.54, 1.807) is 45.0 Å². The maximum atomic E-state index is 13.4. The molecule has 3 aromatic carbocycles. The van der Waals surface area contributed by atoms with E-state index in [1.807, 2.05) is 30.3 Å². The molecule has 6 rings (SSSR count). The molecule has 0 unspecified atom stereocenters. The van der Waals surface area contributed by atoms with Crippen molar-refractivity contribution in [3.63, 3.8) is 0 Å². The number of nitrogens with one attached hydrogen (secondary N) is 2. The summed E-state index contributed by atoms with van der Waals surface area (Å²) < 4.78 is 28.0. The largest absolute Gasteiger partial charge is 0.486 e. The number of ether oxygens (including phenoxy) is 4. The van der Waals surface area contributed by atoms with Gasteiger partial charge in [-0.05, 0) is 68.1 Å². The Labute approximate surface area is 246 Å². The zero-order valence-corrected chi connectivity index (χ0v) is 23.9. The monoisotopic (exact) mass is 582 g/mol. The quantitative estimate of drug-likeness (QED) is 0.191. The number of aromatic amines is 1. The van der Waals surface area contributed by atoms with E-state index in [0.717, 1.165) is 16.6 Å². The molecular weight excluding hydrogens is 552 g/mol. The summed E-state index contributed by atoms with van der Waals surface area (Å²) in [5.41, 5.74) is 1.85. The highest BCUT2D eigenvalue weighted by molar-refractivity contribution is 5.87. The number of benzene rings is 3. The molecule has 0 radical (unpaired) electrons. The topological polar surface area (TPSA) is 129 Å². The van der Waals surface area contributed by atoms with Gasteiger partial charge in [0.15, 0.2) is 16.9 Å². The second-order valence-corrected chi connectivity index (χ2v) is 11.2. The molecule has 1 aliphatic heterocycles. The van der Waals surface area contributed by atoms with Crippen LogP contribution in [-0.4, -0.2) is 41.9 Å². The van der Waals surface area contributed by atoms with Gasteiger partial charge in [0.05, 0.1) is 10.9 Å². The minimum atomic E-state index is -1.07. The van der Waals surface area contributed by atoms with Gasteiger partial charge in [-0.1, -0.05) is 24.3 Å². The molecule has 10 nitrogen and oxygen atoms in total. The van der Waals surface area contributed by atoms with Gasteiger partial charge in [0, 0.05) is 23.7 Å². The molecule has 0 saturated heterocycles. The molecule has 2 aromatic heterocycles. The van der Waals surface area contributed by atoms with Crippen LogP contribution >= 0.6 is 0 Å². The summed E-state index contributed by atoms with van der Waals surface area (Å²) in [5, 5.41) is 3.92. The van der Waals surface area contributed by atoms with Crippen LogP contribution in [0.4, 0.5) is 4.79 Å².